The van der Waals surface area contributed by atoms with Gasteiger partial charge in [-0.05, 0) is 20.3 Å². The molecule has 0 radical (unpaired) electrons. The molecule has 1 saturated heterocycles. The summed E-state index contributed by atoms with van der Waals surface area (Å²) in [5.41, 5.74) is 0. The molecular formula is C10H21O6P. The van der Waals surface area contributed by atoms with E-state index in [1.807, 2.05) is 0 Å². The summed E-state index contributed by atoms with van der Waals surface area (Å²) in [6.45, 7) is 4.10. The third-order valence-electron chi connectivity index (χ3n) is 2.34. The molecule has 1 fully saturated rings. The molecule has 1 heterocycles. The van der Waals surface area contributed by atoms with Crippen molar-refractivity contribution in [3.05, 3.63) is 0 Å². The number of hydrogen-bond acceptors (Lipinski definition) is 6. The summed E-state index contributed by atoms with van der Waals surface area (Å²) in [4.78, 5) is 0. The molecule has 1 N–H and O–H groups in total. The molecule has 2 atom stereocenters. The van der Waals surface area contributed by atoms with Gasteiger partial charge < -0.3 is 23.6 Å². The molecule has 0 unspecified atom stereocenters. The van der Waals surface area contributed by atoms with Crippen molar-refractivity contribution in [3.8, 4) is 0 Å². The maximum atomic E-state index is 12.0. The topological polar surface area (TPSA) is 74.2 Å². The lowest BCUT2D eigenvalue weighted by Crippen LogP contribution is -2.18. The second-order valence-electron chi connectivity index (χ2n) is 3.69. The highest BCUT2D eigenvalue weighted by molar-refractivity contribution is 7.53. The molecule has 1 rings (SSSR count). The monoisotopic (exact) mass is 268 g/mol. The van der Waals surface area contributed by atoms with E-state index in [2.05, 4.69) is 0 Å². The lowest BCUT2D eigenvalue weighted by Gasteiger charge is -2.19. The molecule has 0 aromatic carbocycles. The lowest BCUT2D eigenvalue weighted by atomic mass is 10.2. The van der Waals surface area contributed by atoms with Crippen molar-refractivity contribution in [2.24, 2.45) is 0 Å². The maximum Gasteiger partial charge on any atom is 0.356 e. The summed E-state index contributed by atoms with van der Waals surface area (Å²) in [7, 11) is -3.16. The van der Waals surface area contributed by atoms with E-state index in [9.17, 15) is 4.57 Å². The molecular weight excluding hydrogens is 247 g/mol. The van der Waals surface area contributed by atoms with Crippen LogP contribution < -0.4 is 0 Å². The first-order valence-electron chi connectivity index (χ1n) is 5.89. The highest BCUT2D eigenvalue weighted by Gasteiger charge is 2.30. The minimum absolute atomic E-state index is 0.0194. The fourth-order valence-corrected chi connectivity index (χ4v) is 2.97. The summed E-state index contributed by atoms with van der Waals surface area (Å²) in [5, 5.41) is 8.90. The van der Waals surface area contributed by atoms with Crippen LogP contribution in [0.15, 0.2) is 0 Å². The molecule has 1 aliphatic rings. The van der Waals surface area contributed by atoms with Crippen molar-refractivity contribution < 1.29 is 28.2 Å². The van der Waals surface area contributed by atoms with Crippen molar-refractivity contribution in [2.75, 3.05) is 26.2 Å². The largest absolute Gasteiger partial charge is 0.394 e. The minimum Gasteiger partial charge on any atom is -0.394 e. The van der Waals surface area contributed by atoms with Crippen LogP contribution in [0.5, 0.6) is 0 Å². The molecule has 102 valence electrons. The smallest absolute Gasteiger partial charge is 0.356 e. The van der Waals surface area contributed by atoms with Crippen LogP contribution in [-0.4, -0.2) is 43.7 Å². The summed E-state index contributed by atoms with van der Waals surface area (Å²) in [5.74, 6) is 0. The van der Waals surface area contributed by atoms with Gasteiger partial charge in [0.05, 0.1) is 25.9 Å². The highest BCUT2D eigenvalue weighted by atomic mass is 31.2. The number of aliphatic hydroxyl groups excluding tert-OH is 1. The molecule has 0 amide bonds. The molecule has 0 aromatic heterocycles. The summed E-state index contributed by atoms with van der Waals surface area (Å²) in [6, 6.07) is 0. The Morgan fingerprint density at radius 1 is 1.29 bits per heavy atom. The van der Waals surface area contributed by atoms with Crippen LogP contribution in [-0.2, 0) is 23.1 Å². The van der Waals surface area contributed by atoms with Gasteiger partial charge in [0.1, 0.15) is 0 Å². The van der Waals surface area contributed by atoms with Crippen molar-refractivity contribution in [2.45, 2.75) is 39.1 Å². The van der Waals surface area contributed by atoms with E-state index >= 15 is 0 Å². The van der Waals surface area contributed by atoms with Crippen LogP contribution in [0.2, 0.25) is 0 Å². The Bertz CT molecular complexity index is 249. The Balaban J connectivity index is 2.34. The van der Waals surface area contributed by atoms with Crippen LogP contribution in [0.1, 0.15) is 26.7 Å². The molecule has 17 heavy (non-hydrogen) atoms. The average molecular weight is 268 g/mol. The molecule has 0 saturated carbocycles. The number of ether oxygens (including phenoxy) is 2. The van der Waals surface area contributed by atoms with Gasteiger partial charge in [-0.2, -0.15) is 0 Å². The van der Waals surface area contributed by atoms with E-state index in [1.54, 1.807) is 13.8 Å². The molecule has 0 bridgehead atoms. The average Bonchev–Trinajstić information content (AvgIpc) is 2.75. The van der Waals surface area contributed by atoms with Gasteiger partial charge in [0, 0.05) is 6.42 Å². The van der Waals surface area contributed by atoms with Gasteiger partial charge in [-0.25, -0.2) is 0 Å². The Kier molecular flexibility index (Phi) is 6.62. The van der Waals surface area contributed by atoms with Gasteiger partial charge in [-0.1, -0.05) is 0 Å². The fraction of sp³-hybridized carbons (Fsp3) is 1.00. The van der Waals surface area contributed by atoms with Gasteiger partial charge in [0.15, 0.2) is 12.6 Å². The highest BCUT2D eigenvalue weighted by Crippen LogP contribution is 2.48. The SMILES string of the molecule is CCOP(=O)(CO[C@@H]1CC[C@@H](CO)O1)OCC. The third-order valence-corrected chi connectivity index (χ3v) is 4.11. The first kappa shape index (κ1) is 15.1. The summed E-state index contributed by atoms with van der Waals surface area (Å²) >= 11 is 0. The van der Waals surface area contributed by atoms with E-state index in [0.29, 0.717) is 19.6 Å². The second kappa shape index (κ2) is 7.46. The molecule has 6 nitrogen and oxygen atoms in total. The van der Waals surface area contributed by atoms with Crippen LogP contribution in [0.25, 0.3) is 0 Å². The van der Waals surface area contributed by atoms with Crippen LogP contribution >= 0.6 is 7.60 Å². The zero-order valence-corrected chi connectivity index (χ0v) is 11.2. The van der Waals surface area contributed by atoms with Crippen LogP contribution in [0.3, 0.4) is 0 Å². The van der Waals surface area contributed by atoms with E-state index in [1.165, 1.54) is 0 Å². The zero-order chi connectivity index (χ0) is 12.7. The fourth-order valence-electron chi connectivity index (χ4n) is 1.61. The van der Waals surface area contributed by atoms with E-state index in [4.69, 9.17) is 23.6 Å². The Labute approximate surface area is 102 Å². The maximum absolute atomic E-state index is 12.0. The molecule has 1 aliphatic heterocycles. The Morgan fingerprint density at radius 3 is 2.41 bits per heavy atom. The predicted octanol–water partition coefficient (Wildman–Crippen LogP) is 1.72. The minimum atomic E-state index is -3.16. The predicted molar refractivity (Wildman–Crippen MR) is 61.8 cm³/mol. The Morgan fingerprint density at radius 2 is 1.94 bits per heavy atom. The normalized spacial score (nSPS) is 25.4. The van der Waals surface area contributed by atoms with Crippen molar-refractivity contribution in [1.82, 2.24) is 0 Å². The van der Waals surface area contributed by atoms with Gasteiger partial charge in [0.25, 0.3) is 0 Å². The van der Waals surface area contributed by atoms with Gasteiger partial charge in [0.2, 0.25) is 0 Å². The first-order valence-corrected chi connectivity index (χ1v) is 7.62. The molecule has 0 aliphatic carbocycles. The van der Waals surface area contributed by atoms with E-state index in [-0.39, 0.29) is 19.1 Å². The molecule has 0 spiro atoms. The van der Waals surface area contributed by atoms with Crippen molar-refractivity contribution in [3.63, 3.8) is 0 Å². The summed E-state index contributed by atoms with van der Waals surface area (Å²) < 4.78 is 32.9. The molecule has 0 aromatic rings. The first-order chi connectivity index (χ1) is 8.13. The lowest BCUT2D eigenvalue weighted by molar-refractivity contribution is -0.131. The van der Waals surface area contributed by atoms with Gasteiger partial charge in [-0.15, -0.1) is 0 Å². The number of aliphatic hydroxyl groups is 1. The quantitative estimate of drug-likeness (QED) is 0.676. The van der Waals surface area contributed by atoms with E-state index < -0.39 is 13.9 Å². The zero-order valence-electron chi connectivity index (χ0n) is 10.3. The van der Waals surface area contributed by atoms with Gasteiger partial charge in [-0.3, -0.25) is 4.57 Å². The number of rotatable bonds is 8. The van der Waals surface area contributed by atoms with Crippen molar-refractivity contribution >= 4 is 7.60 Å². The van der Waals surface area contributed by atoms with E-state index in [0.717, 1.165) is 6.42 Å². The van der Waals surface area contributed by atoms with Gasteiger partial charge >= 0.3 is 7.60 Å². The van der Waals surface area contributed by atoms with Crippen molar-refractivity contribution in [1.29, 1.82) is 0 Å². The third kappa shape index (κ3) is 5.04. The second-order valence-corrected chi connectivity index (χ2v) is 5.69. The molecule has 7 heteroatoms. The standard InChI is InChI=1S/C10H21O6P/c1-3-14-17(12,15-4-2)8-13-10-6-5-9(7-11)16-10/h9-11H,3-8H2,1-2H3/t9-,10-/m0/s1. The number of hydrogen-bond donors (Lipinski definition) is 1. The Hall–Kier alpha value is 0.0300. The van der Waals surface area contributed by atoms with Crippen LogP contribution in [0, 0.1) is 0 Å². The van der Waals surface area contributed by atoms with Crippen LogP contribution in [0.4, 0.5) is 0 Å². The summed E-state index contributed by atoms with van der Waals surface area (Å²) in [6.07, 6.45) is 0.704.